The molecule has 1 amide bonds. The van der Waals surface area contributed by atoms with Crippen LogP contribution in [0.4, 0.5) is 0 Å². The van der Waals surface area contributed by atoms with Gasteiger partial charge in [0.2, 0.25) is 5.91 Å². The molecule has 0 aromatic rings. The number of likely N-dealkylation sites (tertiary alicyclic amines) is 1. The van der Waals surface area contributed by atoms with Gasteiger partial charge in [-0.25, -0.2) is 0 Å². The zero-order valence-corrected chi connectivity index (χ0v) is 33.1. The van der Waals surface area contributed by atoms with E-state index in [0.29, 0.717) is 35.1 Å². The molecule has 282 valence electrons. The zero-order valence-electron chi connectivity index (χ0n) is 33.1. The molecule has 50 heavy (non-hydrogen) atoms. The summed E-state index contributed by atoms with van der Waals surface area (Å²) in [5, 5.41) is 12.8. The Morgan fingerprint density at radius 2 is 1.60 bits per heavy atom. The number of fused-ring (bicyclic) bond motifs is 7. The number of esters is 1. The van der Waals surface area contributed by atoms with Crippen LogP contribution >= 0.6 is 0 Å². The normalized spacial score (nSPS) is 43.9. The summed E-state index contributed by atoms with van der Waals surface area (Å²) < 4.78 is 6.20. The Balaban J connectivity index is 1.21. The molecule has 0 bridgehead atoms. The van der Waals surface area contributed by atoms with E-state index in [9.17, 15) is 19.5 Å². The molecule has 11 atom stereocenters. The van der Waals surface area contributed by atoms with Crippen molar-refractivity contribution in [2.24, 2.45) is 62.1 Å². The number of nitrogens with zero attached hydrogens (tertiary/aromatic N) is 1. The molecule has 5 saturated carbocycles. The van der Waals surface area contributed by atoms with E-state index in [-0.39, 0.29) is 46.1 Å². The molecule has 7 nitrogen and oxygen atoms in total. The van der Waals surface area contributed by atoms with Gasteiger partial charge < -0.3 is 20.1 Å². The molecular weight excluding hydrogens is 624 g/mol. The summed E-state index contributed by atoms with van der Waals surface area (Å²) in [6, 6.07) is 0.296. The number of carbonyl (C=O) groups is 3. The summed E-state index contributed by atoms with van der Waals surface area (Å²) in [6.45, 7) is 27.7. The third-order valence-corrected chi connectivity index (χ3v) is 17.2. The van der Waals surface area contributed by atoms with Gasteiger partial charge >= 0.3 is 11.9 Å². The van der Waals surface area contributed by atoms with Crippen LogP contribution in [0.2, 0.25) is 0 Å². The van der Waals surface area contributed by atoms with Gasteiger partial charge in [0.1, 0.15) is 6.10 Å². The van der Waals surface area contributed by atoms with Gasteiger partial charge in [-0.05, 0) is 156 Å². The highest BCUT2D eigenvalue weighted by atomic mass is 16.5. The van der Waals surface area contributed by atoms with E-state index < -0.39 is 11.4 Å². The van der Waals surface area contributed by atoms with Gasteiger partial charge in [0, 0.05) is 31.5 Å². The highest BCUT2D eigenvalue weighted by Crippen LogP contribution is 2.78. The largest absolute Gasteiger partial charge is 0.481 e. The van der Waals surface area contributed by atoms with Gasteiger partial charge in [0.15, 0.2) is 0 Å². The van der Waals surface area contributed by atoms with Crippen LogP contribution in [0.5, 0.6) is 0 Å². The smallest absolute Gasteiger partial charge is 0.309 e. The van der Waals surface area contributed by atoms with Crippen LogP contribution in [0.1, 0.15) is 146 Å². The average Bonchev–Trinajstić information content (AvgIpc) is 3.62. The number of hydrogen-bond acceptors (Lipinski definition) is 5. The van der Waals surface area contributed by atoms with Crippen LogP contribution in [0.25, 0.3) is 0 Å². The average molecular weight is 695 g/mol. The second-order valence-electron chi connectivity index (χ2n) is 20.5. The molecule has 2 N–H and O–H groups in total. The predicted octanol–water partition coefficient (Wildman–Crippen LogP) is 8.66. The Labute approximate surface area is 303 Å². The van der Waals surface area contributed by atoms with Crippen molar-refractivity contribution >= 4 is 17.8 Å². The van der Waals surface area contributed by atoms with Crippen molar-refractivity contribution < 1.29 is 24.2 Å². The minimum atomic E-state index is -1.13. The van der Waals surface area contributed by atoms with Crippen LogP contribution < -0.4 is 5.32 Å². The Hall–Kier alpha value is -1.89. The van der Waals surface area contributed by atoms with E-state index in [2.05, 4.69) is 58.3 Å². The summed E-state index contributed by atoms with van der Waals surface area (Å²) >= 11 is 0. The topological polar surface area (TPSA) is 95.9 Å². The maximum absolute atomic E-state index is 13.1. The number of carbonyl (C=O) groups excluding carboxylic acids is 2. The van der Waals surface area contributed by atoms with Crippen molar-refractivity contribution in [2.45, 2.75) is 158 Å². The van der Waals surface area contributed by atoms with Crippen molar-refractivity contribution in [1.29, 1.82) is 0 Å². The van der Waals surface area contributed by atoms with Crippen LogP contribution in [0, 0.1) is 62.1 Å². The summed E-state index contributed by atoms with van der Waals surface area (Å²) in [5.74, 6) is 1.90. The lowest BCUT2D eigenvalue weighted by Gasteiger charge is -2.73. The number of rotatable bonds is 9. The lowest BCUT2D eigenvalue weighted by molar-refractivity contribution is -0.250. The van der Waals surface area contributed by atoms with E-state index >= 15 is 0 Å². The Morgan fingerprint density at radius 3 is 2.26 bits per heavy atom. The van der Waals surface area contributed by atoms with E-state index in [1.807, 2.05) is 0 Å². The Bertz CT molecular complexity index is 1370. The monoisotopic (exact) mass is 695 g/mol. The molecule has 1 unspecified atom stereocenters. The van der Waals surface area contributed by atoms with E-state index in [4.69, 9.17) is 4.74 Å². The van der Waals surface area contributed by atoms with E-state index in [1.54, 1.807) is 20.8 Å². The number of ether oxygens (including phenoxy) is 1. The number of aliphatic carboxylic acids is 1. The standard InChI is InChI=1S/C43H70N2O5/c1-27(2)30-13-19-43(22-24-45-23-16-29(26-45)44-28(3)46)21-20-41(9)31(36(30)43)11-12-33-40(8)17-15-34(50-35(47)25-38(4,5)37(48)49)39(6,7)32(40)14-18-42(33,41)10/h29-34,36H,1,11-26H2,2-10H3,(H,44,46)(H,48,49)/t29?,30-,31+,32-,33+,34-,36+,40-,41+,42+,43+/m0/s1. The molecule has 7 heteroatoms. The Kier molecular flexibility index (Phi) is 9.77. The first kappa shape index (κ1) is 37.9. The number of carboxylic acids is 1. The highest BCUT2D eigenvalue weighted by molar-refractivity contribution is 5.81. The second-order valence-corrected chi connectivity index (χ2v) is 20.5. The van der Waals surface area contributed by atoms with E-state index in [0.717, 1.165) is 51.2 Å². The van der Waals surface area contributed by atoms with Crippen molar-refractivity contribution in [3.05, 3.63) is 12.2 Å². The molecule has 6 rings (SSSR count). The molecule has 0 aromatic carbocycles. The molecule has 5 aliphatic carbocycles. The zero-order chi connectivity index (χ0) is 36.7. The molecule has 1 aliphatic heterocycles. The fourth-order valence-electron chi connectivity index (χ4n) is 14.4. The first-order chi connectivity index (χ1) is 23.2. The second kappa shape index (κ2) is 12.9. The van der Waals surface area contributed by atoms with Crippen LogP contribution in [0.15, 0.2) is 12.2 Å². The van der Waals surface area contributed by atoms with Crippen LogP contribution in [-0.4, -0.2) is 59.6 Å². The summed E-state index contributed by atoms with van der Waals surface area (Å²) in [7, 11) is 0. The fourth-order valence-corrected chi connectivity index (χ4v) is 14.4. The van der Waals surface area contributed by atoms with Gasteiger partial charge in [0.25, 0.3) is 0 Å². The van der Waals surface area contributed by atoms with Crippen molar-refractivity contribution in [2.75, 3.05) is 19.6 Å². The maximum Gasteiger partial charge on any atom is 0.309 e. The summed E-state index contributed by atoms with van der Waals surface area (Å²) in [4.78, 5) is 39.2. The number of nitrogens with one attached hydrogen (secondary N) is 1. The predicted molar refractivity (Wildman–Crippen MR) is 198 cm³/mol. The molecule has 6 fully saturated rings. The molecule has 6 aliphatic rings. The first-order valence-electron chi connectivity index (χ1n) is 20.3. The third-order valence-electron chi connectivity index (χ3n) is 17.2. The molecule has 0 spiro atoms. The van der Waals surface area contributed by atoms with Crippen LogP contribution in [-0.2, 0) is 19.1 Å². The van der Waals surface area contributed by atoms with Crippen molar-refractivity contribution in [3.8, 4) is 0 Å². The molecular formula is C43H70N2O5. The number of amides is 1. The Morgan fingerprint density at radius 1 is 0.880 bits per heavy atom. The van der Waals surface area contributed by atoms with Gasteiger partial charge in [0.05, 0.1) is 11.8 Å². The van der Waals surface area contributed by atoms with Crippen molar-refractivity contribution in [3.63, 3.8) is 0 Å². The number of carboxylic acid groups (broad SMARTS) is 1. The lowest BCUT2D eigenvalue weighted by atomic mass is 9.32. The highest BCUT2D eigenvalue weighted by Gasteiger charge is 2.71. The third kappa shape index (κ3) is 5.99. The van der Waals surface area contributed by atoms with Gasteiger partial charge in [-0.1, -0.05) is 46.8 Å². The maximum atomic E-state index is 13.1. The molecule has 1 saturated heterocycles. The number of hydrogen-bond donors (Lipinski definition) is 2. The first-order valence-corrected chi connectivity index (χ1v) is 20.3. The van der Waals surface area contributed by atoms with E-state index in [1.165, 1.54) is 56.9 Å². The minimum Gasteiger partial charge on any atom is -0.481 e. The molecule has 1 heterocycles. The minimum absolute atomic E-state index is 0.0892. The number of allylic oxidation sites excluding steroid dienone is 1. The SMILES string of the molecule is C=C(C)[C@@H]1CC[C@]2(CCN3CCC(NC(C)=O)C3)CC[C@]3(C)[C@H](CC[C@@H]4[C@@]5(C)CC[C@H](OC(=O)CC(C)(C)C(=O)O)C(C)(C)[C@@H]5CC[C@]43C)[C@@H]12. The lowest BCUT2D eigenvalue weighted by Crippen LogP contribution is -2.66. The summed E-state index contributed by atoms with van der Waals surface area (Å²) in [5.41, 5.74) is 1.24. The quantitative estimate of drug-likeness (QED) is 0.185. The molecule has 0 radical (unpaired) electrons. The van der Waals surface area contributed by atoms with Gasteiger partial charge in [-0.15, -0.1) is 0 Å². The fraction of sp³-hybridized carbons (Fsp3) is 0.884. The van der Waals surface area contributed by atoms with Crippen molar-refractivity contribution in [1.82, 2.24) is 10.2 Å². The molecule has 0 aromatic heterocycles. The van der Waals surface area contributed by atoms with Crippen LogP contribution in [0.3, 0.4) is 0 Å². The van der Waals surface area contributed by atoms with Gasteiger partial charge in [-0.3, -0.25) is 14.4 Å². The van der Waals surface area contributed by atoms with Gasteiger partial charge in [-0.2, -0.15) is 0 Å². The summed E-state index contributed by atoms with van der Waals surface area (Å²) in [6.07, 6.45) is 14.3.